The summed E-state index contributed by atoms with van der Waals surface area (Å²) in [6.45, 7) is 5.35. The third kappa shape index (κ3) is 6.24. The van der Waals surface area contributed by atoms with E-state index in [9.17, 15) is 18.0 Å². The molecule has 42 heavy (non-hydrogen) atoms. The fourth-order valence-electron chi connectivity index (χ4n) is 5.45. The topological polar surface area (TPSA) is 139 Å². The third-order valence-electron chi connectivity index (χ3n) is 7.34. The molecule has 4 heterocycles. The molecule has 5 rings (SSSR count). The molecule has 220 valence electrons. The van der Waals surface area contributed by atoms with Crippen LogP contribution in [0.5, 0.6) is 0 Å². The van der Waals surface area contributed by atoms with Gasteiger partial charge < -0.3 is 10.2 Å². The van der Waals surface area contributed by atoms with E-state index in [4.69, 9.17) is 16.6 Å². The highest BCUT2D eigenvalue weighted by Crippen LogP contribution is 2.31. The molecule has 2 N–H and O–H groups in total. The van der Waals surface area contributed by atoms with Crippen LogP contribution in [0.4, 0.5) is 11.5 Å². The van der Waals surface area contributed by atoms with Crippen molar-refractivity contribution >= 4 is 49.9 Å². The fourth-order valence-corrected chi connectivity index (χ4v) is 6.03. The Morgan fingerprint density at radius 1 is 1.17 bits per heavy atom. The van der Waals surface area contributed by atoms with E-state index in [2.05, 4.69) is 20.2 Å². The van der Waals surface area contributed by atoms with Gasteiger partial charge in [-0.3, -0.25) is 14.2 Å². The van der Waals surface area contributed by atoms with Gasteiger partial charge in [0.1, 0.15) is 16.8 Å². The Hall–Kier alpha value is -4.03. The Balaban J connectivity index is 1.54. The van der Waals surface area contributed by atoms with Gasteiger partial charge in [0.05, 0.1) is 28.9 Å². The molecule has 2 atom stereocenters. The standard InChI is InChI=1S/C29H32ClN7O4S/c1-17-14-20(18(2)32-22-10-11-23(30)33-26(22)28(38)35-42(4,40)41)25-21(15-17)29(39)36(3)27(34-25)19-8-7-13-37(16-19)24-9-5-6-12-31-24/h5-6,9-12,14-15,18-19,32H,7-8,13,16H2,1-4H3,(H,35,38)/t18-,19-/m1/s1. The molecular formula is C29H32ClN7O4S. The number of amides is 1. The van der Waals surface area contributed by atoms with Crippen molar-refractivity contribution in [3.63, 3.8) is 0 Å². The second-order valence-electron chi connectivity index (χ2n) is 10.7. The molecule has 13 heteroatoms. The van der Waals surface area contributed by atoms with Gasteiger partial charge >= 0.3 is 0 Å². The van der Waals surface area contributed by atoms with Crippen LogP contribution in [-0.4, -0.2) is 53.2 Å². The number of aryl methyl sites for hydroxylation is 1. The molecule has 1 aliphatic rings. The summed E-state index contributed by atoms with van der Waals surface area (Å²) < 4.78 is 27.0. The lowest BCUT2D eigenvalue weighted by molar-refractivity contribution is 0.0977. The summed E-state index contributed by atoms with van der Waals surface area (Å²) in [5.74, 6) is 0.709. The van der Waals surface area contributed by atoms with Crippen molar-refractivity contribution in [2.75, 3.05) is 29.6 Å². The molecule has 3 aromatic heterocycles. The Bertz CT molecular complexity index is 1830. The van der Waals surface area contributed by atoms with Crippen molar-refractivity contribution in [3.05, 3.63) is 86.8 Å². The number of pyridine rings is 2. The number of fused-ring (bicyclic) bond motifs is 1. The fraction of sp³-hybridized carbons (Fsp3) is 0.345. The maximum Gasteiger partial charge on any atom is 0.285 e. The van der Waals surface area contributed by atoms with Crippen molar-refractivity contribution in [3.8, 4) is 0 Å². The Morgan fingerprint density at radius 3 is 2.67 bits per heavy atom. The van der Waals surface area contributed by atoms with Crippen LogP contribution >= 0.6 is 11.6 Å². The molecule has 0 aliphatic carbocycles. The Morgan fingerprint density at radius 2 is 1.95 bits per heavy atom. The molecule has 1 fully saturated rings. The van der Waals surface area contributed by atoms with E-state index in [1.807, 2.05) is 48.9 Å². The molecule has 11 nitrogen and oxygen atoms in total. The second kappa shape index (κ2) is 11.7. The van der Waals surface area contributed by atoms with Gasteiger partial charge in [0.2, 0.25) is 10.0 Å². The highest BCUT2D eigenvalue weighted by atomic mass is 35.5. The molecule has 4 aromatic rings. The lowest BCUT2D eigenvalue weighted by atomic mass is 9.95. The van der Waals surface area contributed by atoms with Gasteiger partial charge in [-0.2, -0.15) is 0 Å². The number of halogens is 1. The molecule has 0 unspecified atom stereocenters. The van der Waals surface area contributed by atoms with Crippen LogP contribution in [0.15, 0.2) is 53.5 Å². The predicted octanol–water partition coefficient (Wildman–Crippen LogP) is 3.93. The van der Waals surface area contributed by atoms with Crippen LogP contribution in [0.2, 0.25) is 5.15 Å². The summed E-state index contributed by atoms with van der Waals surface area (Å²) in [5, 5.41) is 3.79. The summed E-state index contributed by atoms with van der Waals surface area (Å²) in [4.78, 5) is 42.3. The molecule has 1 aromatic carbocycles. The SMILES string of the molecule is Cc1cc([C@@H](C)Nc2ccc(Cl)nc2C(=O)NS(C)(=O)=O)c2nc([C@@H]3CCCN(c4ccccn4)C3)n(C)c(=O)c2c1. The van der Waals surface area contributed by atoms with Crippen LogP contribution in [0.25, 0.3) is 10.9 Å². The molecule has 1 saturated heterocycles. The molecular weight excluding hydrogens is 578 g/mol. The van der Waals surface area contributed by atoms with Crippen LogP contribution in [0.3, 0.4) is 0 Å². The Kier molecular flexibility index (Phi) is 8.20. The number of aromatic nitrogens is 4. The number of anilines is 2. The summed E-state index contributed by atoms with van der Waals surface area (Å²) in [6.07, 6.45) is 4.49. The molecule has 1 amide bonds. The average molecular weight is 610 g/mol. The van der Waals surface area contributed by atoms with E-state index >= 15 is 0 Å². The average Bonchev–Trinajstić information content (AvgIpc) is 2.95. The van der Waals surface area contributed by atoms with Crippen LogP contribution in [-0.2, 0) is 17.1 Å². The second-order valence-corrected chi connectivity index (χ2v) is 12.8. The lowest BCUT2D eigenvalue weighted by Gasteiger charge is -2.34. The number of rotatable bonds is 7. The van der Waals surface area contributed by atoms with Crippen LogP contribution in [0.1, 0.15) is 59.2 Å². The minimum absolute atomic E-state index is 0.0204. The lowest BCUT2D eigenvalue weighted by Crippen LogP contribution is -2.37. The number of carbonyl (C=O) groups is 1. The zero-order chi connectivity index (χ0) is 30.2. The van der Waals surface area contributed by atoms with Crippen molar-refractivity contribution in [2.24, 2.45) is 7.05 Å². The van der Waals surface area contributed by atoms with Crippen molar-refractivity contribution in [1.29, 1.82) is 0 Å². The van der Waals surface area contributed by atoms with Gasteiger partial charge in [0.25, 0.3) is 11.5 Å². The van der Waals surface area contributed by atoms with Gasteiger partial charge in [0, 0.05) is 37.8 Å². The van der Waals surface area contributed by atoms with E-state index in [-0.39, 0.29) is 28.0 Å². The number of nitrogens with zero attached hydrogens (tertiary/aromatic N) is 5. The number of hydrogen-bond donors (Lipinski definition) is 2. The zero-order valence-corrected chi connectivity index (χ0v) is 25.3. The first kappa shape index (κ1) is 29.5. The van der Waals surface area contributed by atoms with Gasteiger partial charge in [-0.05, 0) is 62.6 Å². The van der Waals surface area contributed by atoms with Gasteiger partial charge in [-0.1, -0.05) is 23.7 Å². The van der Waals surface area contributed by atoms with Crippen molar-refractivity contribution < 1.29 is 13.2 Å². The highest BCUT2D eigenvalue weighted by molar-refractivity contribution is 7.89. The van der Waals surface area contributed by atoms with Gasteiger partial charge in [-0.25, -0.2) is 28.1 Å². The van der Waals surface area contributed by atoms with E-state index in [0.29, 0.717) is 23.3 Å². The van der Waals surface area contributed by atoms with E-state index in [1.165, 1.54) is 6.07 Å². The van der Waals surface area contributed by atoms with Gasteiger partial charge in [0.15, 0.2) is 5.69 Å². The number of nitrogens with one attached hydrogen (secondary N) is 2. The number of piperidine rings is 1. The monoisotopic (exact) mass is 609 g/mol. The molecule has 0 radical (unpaired) electrons. The minimum Gasteiger partial charge on any atom is -0.377 e. The first-order chi connectivity index (χ1) is 19.9. The molecule has 1 aliphatic heterocycles. The van der Waals surface area contributed by atoms with Crippen molar-refractivity contribution in [2.45, 2.75) is 38.6 Å². The van der Waals surface area contributed by atoms with E-state index < -0.39 is 22.0 Å². The molecule has 0 bridgehead atoms. The number of hydrogen-bond acceptors (Lipinski definition) is 9. The highest BCUT2D eigenvalue weighted by Gasteiger charge is 2.27. The summed E-state index contributed by atoms with van der Waals surface area (Å²) in [5.41, 5.74) is 2.18. The predicted molar refractivity (Wildman–Crippen MR) is 164 cm³/mol. The normalized spacial score (nSPS) is 16.3. The maximum atomic E-state index is 13.7. The van der Waals surface area contributed by atoms with E-state index in [0.717, 1.165) is 42.6 Å². The zero-order valence-electron chi connectivity index (χ0n) is 23.8. The van der Waals surface area contributed by atoms with Crippen LogP contribution < -0.4 is 20.5 Å². The third-order valence-corrected chi connectivity index (χ3v) is 8.11. The number of carbonyl (C=O) groups excluding carboxylic acids is 1. The summed E-state index contributed by atoms with van der Waals surface area (Å²) >= 11 is 6.03. The quantitative estimate of drug-likeness (QED) is 0.298. The summed E-state index contributed by atoms with van der Waals surface area (Å²) in [7, 11) is -2.06. The van der Waals surface area contributed by atoms with E-state index in [1.54, 1.807) is 23.9 Å². The van der Waals surface area contributed by atoms with Gasteiger partial charge in [-0.15, -0.1) is 0 Å². The molecule has 0 spiro atoms. The largest absolute Gasteiger partial charge is 0.377 e. The van der Waals surface area contributed by atoms with Crippen molar-refractivity contribution in [1.82, 2.24) is 24.2 Å². The molecule has 0 saturated carbocycles. The number of sulfonamides is 1. The maximum absolute atomic E-state index is 13.7. The first-order valence-electron chi connectivity index (χ1n) is 13.5. The summed E-state index contributed by atoms with van der Waals surface area (Å²) in [6, 6.07) is 12.3. The first-order valence-corrected chi connectivity index (χ1v) is 15.8. The smallest absolute Gasteiger partial charge is 0.285 e. The Labute approximate surface area is 249 Å². The minimum atomic E-state index is -3.83. The van der Waals surface area contributed by atoms with Crippen LogP contribution in [0, 0.1) is 6.92 Å². The number of benzene rings is 1.